The first-order valence-corrected chi connectivity index (χ1v) is 5.85. The molecule has 0 aliphatic rings. The largest absolute Gasteiger partial charge is 0.459 e. The number of hydrogen-bond donors (Lipinski definition) is 2. The predicted octanol–water partition coefficient (Wildman–Crippen LogP) is 0.856. The Kier molecular flexibility index (Phi) is 3.63. The van der Waals surface area contributed by atoms with Crippen LogP contribution in [-0.4, -0.2) is 10.5 Å². The summed E-state index contributed by atoms with van der Waals surface area (Å²) >= 11 is 3.16. The lowest BCUT2D eigenvalue weighted by Crippen LogP contribution is -2.31. The number of rotatable bonds is 3. The van der Waals surface area contributed by atoms with E-state index >= 15 is 0 Å². The Morgan fingerprint density at radius 1 is 1.50 bits per heavy atom. The fourth-order valence-electron chi connectivity index (χ4n) is 1.54. The second-order valence-corrected chi connectivity index (χ2v) is 4.39. The van der Waals surface area contributed by atoms with E-state index < -0.39 is 5.91 Å². The Hall–Kier alpha value is -1.86. The molecule has 0 aromatic carbocycles. The van der Waals surface area contributed by atoms with Gasteiger partial charge in [0.15, 0.2) is 5.76 Å². The molecule has 0 aliphatic heterocycles. The smallest absolute Gasteiger partial charge is 0.301 e. The number of hydrogen-bond acceptors (Lipinski definition) is 4. The lowest BCUT2D eigenvalue weighted by molar-refractivity contribution is 0.0924. The second kappa shape index (κ2) is 5.19. The van der Waals surface area contributed by atoms with Gasteiger partial charge in [0.1, 0.15) is 0 Å². The number of carbonyl (C=O) groups excluding carboxylic acids is 1. The highest BCUT2D eigenvalue weighted by atomic mass is 79.9. The third-order valence-corrected chi connectivity index (χ3v) is 3.00. The number of nitrogens with two attached hydrogens (primary N) is 1. The third kappa shape index (κ3) is 2.36. The van der Waals surface area contributed by atoms with Crippen molar-refractivity contribution in [2.45, 2.75) is 6.54 Å². The average molecular weight is 312 g/mol. The molecule has 6 nitrogen and oxygen atoms in total. The zero-order valence-corrected chi connectivity index (χ0v) is 10.8. The molecule has 2 rings (SSSR count). The van der Waals surface area contributed by atoms with Gasteiger partial charge in [-0.05, 0) is 34.1 Å². The molecule has 18 heavy (non-hydrogen) atoms. The maximum atomic E-state index is 11.8. The number of nitrogens with zero attached hydrogens (tertiary/aromatic N) is 1. The molecule has 0 atom stereocenters. The van der Waals surface area contributed by atoms with Crippen molar-refractivity contribution in [3.8, 4) is 0 Å². The number of nitrogen functional groups attached to an aromatic ring is 1. The minimum absolute atomic E-state index is 0.101. The van der Waals surface area contributed by atoms with Crippen LogP contribution < -0.4 is 16.8 Å². The van der Waals surface area contributed by atoms with Gasteiger partial charge in [-0.1, -0.05) is 0 Å². The molecule has 94 valence electrons. The molecular weight excluding hydrogens is 302 g/mol. The van der Waals surface area contributed by atoms with Gasteiger partial charge in [-0.3, -0.25) is 15.0 Å². The molecule has 2 aromatic heterocycles. The van der Waals surface area contributed by atoms with E-state index in [1.54, 1.807) is 24.4 Å². The van der Waals surface area contributed by atoms with Gasteiger partial charge in [-0.2, -0.15) is 0 Å². The van der Waals surface area contributed by atoms with Crippen LogP contribution in [0.1, 0.15) is 16.1 Å². The second-order valence-electron chi connectivity index (χ2n) is 3.54. The van der Waals surface area contributed by atoms with Crippen molar-refractivity contribution < 1.29 is 9.21 Å². The van der Waals surface area contributed by atoms with Crippen LogP contribution in [0.5, 0.6) is 0 Å². The maximum Gasteiger partial charge on any atom is 0.301 e. The van der Waals surface area contributed by atoms with E-state index in [-0.39, 0.29) is 17.9 Å². The van der Waals surface area contributed by atoms with Gasteiger partial charge in [0.25, 0.3) is 5.56 Å². The first-order chi connectivity index (χ1) is 8.63. The molecule has 0 saturated carbocycles. The number of amides is 1. The van der Waals surface area contributed by atoms with E-state index in [0.29, 0.717) is 10.0 Å². The van der Waals surface area contributed by atoms with Crippen molar-refractivity contribution in [2.24, 2.45) is 5.84 Å². The van der Waals surface area contributed by atoms with Crippen molar-refractivity contribution in [1.29, 1.82) is 0 Å². The van der Waals surface area contributed by atoms with Crippen LogP contribution in [-0.2, 0) is 6.54 Å². The number of hydrazine groups is 1. The van der Waals surface area contributed by atoms with Crippen molar-refractivity contribution in [1.82, 2.24) is 9.99 Å². The minimum atomic E-state index is -0.530. The Morgan fingerprint density at radius 2 is 2.28 bits per heavy atom. The highest BCUT2D eigenvalue weighted by Gasteiger charge is 2.15. The normalized spacial score (nSPS) is 10.3. The quantitative estimate of drug-likeness (QED) is 0.499. The molecule has 0 aliphatic carbocycles. The Bertz CT molecular complexity index is 632. The van der Waals surface area contributed by atoms with Crippen LogP contribution >= 0.6 is 15.9 Å². The summed E-state index contributed by atoms with van der Waals surface area (Å²) in [6.45, 7) is 0.234. The molecule has 0 radical (unpaired) electrons. The summed E-state index contributed by atoms with van der Waals surface area (Å²) in [7, 11) is 0. The Morgan fingerprint density at radius 3 is 3.00 bits per heavy atom. The number of furan rings is 1. The summed E-state index contributed by atoms with van der Waals surface area (Å²) in [5, 5.41) is 0. The number of halogens is 1. The molecule has 0 fully saturated rings. The maximum absolute atomic E-state index is 11.8. The van der Waals surface area contributed by atoms with Crippen LogP contribution in [0.4, 0.5) is 0 Å². The van der Waals surface area contributed by atoms with Crippen molar-refractivity contribution in [3.05, 3.63) is 56.8 Å². The van der Waals surface area contributed by atoms with Crippen molar-refractivity contribution >= 4 is 21.8 Å². The molecule has 3 N–H and O–H groups in total. The lowest BCUT2D eigenvalue weighted by atomic mass is 10.2. The third-order valence-electron chi connectivity index (χ3n) is 2.40. The van der Waals surface area contributed by atoms with Gasteiger partial charge in [-0.25, -0.2) is 5.84 Å². The van der Waals surface area contributed by atoms with Gasteiger partial charge < -0.3 is 8.98 Å². The number of carbonyl (C=O) groups is 1. The zero-order valence-electron chi connectivity index (χ0n) is 9.22. The summed E-state index contributed by atoms with van der Waals surface area (Å²) in [5.74, 6) is 4.62. The van der Waals surface area contributed by atoms with E-state index in [4.69, 9.17) is 10.3 Å². The van der Waals surface area contributed by atoms with E-state index in [1.165, 1.54) is 10.8 Å². The summed E-state index contributed by atoms with van der Waals surface area (Å²) < 4.78 is 6.96. The minimum Gasteiger partial charge on any atom is -0.459 e. The van der Waals surface area contributed by atoms with E-state index in [9.17, 15) is 9.59 Å². The summed E-state index contributed by atoms with van der Waals surface area (Å²) in [6, 6.07) is 5.01. The molecule has 2 heterocycles. The summed E-state index contributed by atoms with van der Waals surface area (Å²) in [4.78, 5) is 23.2. The van der Waals surface area contributed by atoms with E-state index in [1.807, 2.05) is 5.43 Å². The molecule has 1 amide bonds. The van der Waals surface area contributed by atoms with Gasteiger partial charge in [-0.15, -0.1) is 0 Å². The van der Waals surface area contributed by atoms with Crippen molar-refractivity contribution in [3.63, 3.8) is 0 Å². The van der Waals surface area contributed by atoms with E-state index in [0.717, 1.165) is 0 Å². The topological polar surface area (TPSA) is 90.3 Å². The van der Waals surface area contributed by atoms with Gasteiger partial charge in [0.05, 0.1) is 17.3 Å². The number of pyridine rings is 1. The van der Waals surface area contributed by atoms with Gasteiger partial charge >= 0.3 is 5.91 Å². The number of nitrogens with one attached hydrogen (secondary N) is 1. The zero-order chi connectivity index (χ0) is 13.1. The fourth-order valence-corrected chi connectivity index (χ4v) is 1.92. The van der Waals surface area contributed by atoms with Gasteiger partial charge in [0.2, 0.25) is 0 Å². The fraction of sp³-hybridized carbons (Fsp3) is 0.0909. The standard InChI is InChI=1S/C11H10BrN3O3/c12-8-2-1-4-15(11(8)17)6-7-3-5-18-9(7)10(16)14-13/h1-5H,6,13H2,(H,14,16). The SMILES string of the molecule is NNC(=O)c1occc1Cn1cccc(Br)c1=O. The monoisotopic (exact) mass is 311 g/mol. The lowest BCUT2D eigenvalue weighted by Gasteiger charge is -2.05. The molecule has 2 aromatic rings. The highest BCUT2D eigenvalue weighted by molar-refractivity contribution is 9.10. The van der Waals surface area contributed by atoms with Crippen LogP contribution in [0.3, 0.4) is 0 Å². The summed E-state index contributed by atoms with van der Waals surface area (Å²) in [6.07, 6.45) is 3.01. The molecule has 0 spiro atoms. The van der Waals surface area contributed by atoms with Crippen molar-refractivity contribution in [2.75, 3.05) is 0 Å². The Balaban J connectivity index is 2.35. The molecule has 0 unspecified atom stereocenters. The van der Waals surface area contributed by atoms with Crippen LogP contribution in [0.2, 0.25) is 0 Å². The van der Waals surface area contributed by atoms with E-state index in [2.05, 4.69) is 15.9 Å². The Labute approximate surface area is 110 Å². The number of aromatic nitrogens is 1. The van der Waals surface area contributed by atoms with Crippen LogP contribution in [0.15, 0.2) is 44.3 Å². The first kappa shape index (κ1) is 12.6. The van der Waals surface area contributed by atoms with Crippen LogP contribution in [0.25, 0.3) is 0 Å². The molecule has 0 bridgehead atoms. The van der Waals surface area contributed by atoms with Crippen LogP contribution in [0, 0.1) is 0 Å². The summed E-state index contributed by atoms with van der Waals surface area (Å²) in [5.41, 5.74) is 2.39. The molecule has 0 saturated heterocycles. The predicted molar refractivity (Wildman–Crippen MR) is 67.9 cm³/mol. The van der Waals surface area contributed by atoms with Gasteiger partial charge in [0, 0.05) is 11.8 Å². The highest BCUT2D eigenvalue weighted by Crippen LogP contribution is 2.12. The molecule has 7 heteroatoms. The first-order valence-electron chi connectivity index (χ1n) is 5.05. The molecular formula is C11H10BrN3O3. The average Bonchev–Trinajstić information content (AvgIpc) is 2.82.